The van der Waals surface area contributed by atoms with Crippen LogP contribution in [0.15, 0.2) is 71.5 Å². The Labute approximate surface area is 176 Å². The number of aromatic nitrogens is 1. The van der Waals surface area contributed by atoms with Gasteiger partial charge in [0.2, 0.25) is 0 Å². The van der Waals surface area contributed by atoms with E-state index in [0.717, 1.165) is 10.1 Å². The molecule has 144 valence electrons. The van der Waals surface area contributed by atoms with Gasteiger partial charge in [-0.05, 0) is 58.7 Å². The lowest BCUT2D eigenvalue weighted by molar-refractivity contribution is 0.220. The summed E-state index contributed by atoms with van der Waals surface area (Å²) in [5, 5.41) is 12.2. The number of ether oxygens (including phenoxy) is 1. The molecule has 2 heterocycles. The van der Waals surface area contributed by atoms with Crippen LogP contribution in [0, 0.1) is 0 Å². The number of halogens is 1. The van der Waals surface area contributed by atoms with Crippen molar-refractivity contribution in [3.8, 4) is 16.9 Å². The highest BCUT2D eigenvalue weighted by molar-refractivity contribution is 6.31. The van der Waals surface area contributed by atoms with Crippen LogP contribution >= 0.6 is 11.6 Å². The molecule has 29 heavy (non-hydrogen) atoms. The van der Waals surface area contributed by atoms with Crippen LogP contribution in [-0.2, 0) is 13.6 Å². The van der Waals surface area contributed by atoms with Crippen molar-refractivity contribution in [2.45, 2.75) is 12.7 Å². The van der Waals surface area contributed by atoms with E-state index in [-0.39, 0.29) is 12.1 Å². The summed E-state index contributed by atoms with van der Waals surface area (Å²) in [6.07, 6.45) is -0.972. The number of rotatable bonds is 0. The predicted octanol–water partition coefficient (Wildman–Crippen LogP) is 4.83. The smallest absolute Gasteiger partial charge is 0.251 e. The van der Waals surface area contributed by atoms with Crippen LogP contribution in [0.25, 0.3) is 22.0 Å². The molecule has 1 aromatic heterocycles. The van der Waals surface area contributed by atoms with Crippen molar-refractivity contribution in [3.05, 3.63) is 98.8 Å². The predicted molar refractivity (Wildman–Crippen MR) is 114 cm³/mol. The monoisotopic (exact) mass is 406 g/mol. The van der Waals surface area contributed by atoms with Crippen LogP contribution in [0.4, 0.5) is 0 Å². The van der Waals surface area contributed by atoms with Crippen molar-refractivity contribution < 1.29 is 14.0 Å². The maximum atomic E-state index is 12.8. The minimum absolute atomic E-state index is 0.205. The summed E-state index contributed by atoms with van der Waals surface area (Å²) in [7, 11) is 0. The maximum absolute atomic E-state index is 12.8. The summed E-state index contributed by atoms with van der Waals surface area (Å²) in [6.45, 7) is -2.44. The van der Waals surface area contributed by atoms with E-state index < -0.39 is 18.6 Å². The van der Waals surface area contributed by atoms with Gasteiger partial charge in [-0.3, -0.25) is 4.79 Å². The summed E-state index contributed by atoms with van der Waals surface area (Å²) in [6, 6.07) is 18.7. The fourth-order valence-corrected chi connectivity index (χ4v) is 3.91. The largest absolute Gasteiger partial charge is 0.489 e. The van der Waals surface area contributed by atoms with Gasteiger partial charge in [-0.2, -0.15) is 0 Å². The summed E-state index contributed by atoms with van der Waals surface area (Å²) in [5.41, 5.74) is 2.83. The quantitative estimate of drug-likeness (QED) is 0.455. The fourth-order valence-electron chi connectivity index (χ4n) is 3.74. The van der Waals surface area contributed by atoms with Gasteiger partial charge in [0.15, 0.2) is 0 Å². The molecule has 0 spiro atoms. The Kier molecular flexibility index (Phi) is 3.46. The van der Waals surface area contributed by atoms with Crippen LogP contribution < -0.4 is 10.3 Å². The second-order valence-electron chi connectivity index (χ2n) is 7.08. The summed E-state index contributed by atoms with van der Waals surface area (Å²) in [5.74, 6) is 0.577. The highest BCUT2D eigenvalue weighted by Crippen LogP contribution is 2.34. The highest BCUT2D eigenvalue weighted by atomic mass is 35.5. The van der Waals surface area contributed by atoms with Gasteiger partial charge in [0, 0.05) is 33.1 Å². The van der Waals surface area contributed by atoms with E-state index in [4.69, 9.17) is 20.5 Å². The number of aryl methyl sites for hydroxylation is 1. The molecule has 1 atom stereocenters. The lowest BCUT2D eigenvalue weighted by Gasteiger charge is -2.16. The molecule has 4 nitrogen and oxygen atoms in total. The van der Waals surface area contributed by atoms with Gasteiger partial charge >= 0.3 is 0 Å². The topological polar surface area (TPSA) is 51.5 Å². The van der Waals surface area contributed by atoms with Crippen LogP contribution in [0.1, 0.15) is 26.9 Å². The zero-order valence-corrected chi connectivity index (χ0v) is 16.0. The number of aliphatic hydroxyl groups excluding tert-OH is 1. The molecule has 0 fully saturated rings. The molecular formula is C24H18ClNO3. The van der Waals surface area contributed by atoms with Crippen LogP contribution in [0.2, 0.25) is 5.02 Å². The minimum Gasteiger partial charge on any atom is -0.489 e. The van der Waals surface area contributed by atoms with Crippen molar-refractivity contribution in [1.29, 1.82) is 0 Å². The van der Waals surface area contributed by atoms with Gasteiger partial charge in [-0.1, -0.05) is 35.9 Å². The first-order valence-corrected chi connectivity index (χ1v) is 9.50. The number of nitrogens with zero attached hydrogens (tertiary/aromatic N) is 1. The summed E-state index contributed by atoms with van der Waals surface area (Å²) >= 11 is 6.34. The molecule has 0 amide bonds. The van der Waals surface area contributed by atoms with Crippen molar-refractivity contribution >= 4 is 22.5 Å². The van der Waals surface area contributed by atoms with E-state index in [1.807, 2.05) is 12.1 Å². The molecular weight excluding hydrogens is 386 g/mol. The first kappa shape index (κ1) is 14.9. The summed E-state index contributed by atoms with van der Waals surface area (Å²) < 4.78 is 30.3. The second-order valence-corrected chi connectivity index (χ2v) is 7.49. The molecule has 0 aliphatic carbocycles. The van der Waals surface area contributed by atoms with Gasteiger partial charge in [-0.25, -0.2) is 0 Å². The molecule has 1 aliphatic rings. The number of fused-ring (bicyclic) bond motifs is 6. The third-order valence-electron chi connectivity index (χ3n) is 5.28. The Morgan fingerprint density at radius 2 is 1.93 bits per heavy atom. The second kappa shape index (κ2) is 6.76. The van der Waals surface area contributed by atoms with Crippen LogP contribution in [0.3, 0.4) is 0 Å². The summed E-state index contributed by atoms with van der Waals surface area (Å²) in [4.78, 5) is 12.8. The van der Waals surface area contributed by atoms with Crippen LogP contribution in [-0.4, -0.2) is 9.67 Å². The lowest BCUT2D eigenvalue weighted by atomic mass is 9.95. The molecule has 0 radical (unpaired) electrons. The molecule has 1 aliphatic heterocycles. The number of hydrogen-bond acceptors (Lipinski definition) is 3. The van der Waals surface area contributed by atoms with Crippen molar-refractivity contribution in [2.24, 2.45) is 6.98 Å². The zero-order chi connectivity index (χ0) is 22.6. The molecule has 1 N–H and O–H groups in total. The Hall–Kier alpha value is -3.08. The molecule has 3 aromatic carbocycles. The first-order valence-electron chi connectivity index (χ1n) is 10.6. The van der Waals surface area contributed by atoms with E-state index >= 15 is 0 Å². The molecule has 5 heteroatoms. The van der Waals surface area contributed by atoms with Gasteiger partial charge in [0.25, 0.3) is 5.56 Å². The van der Waals surface area contributed by atoms with Crippen molar-refractivity contribution in [3.63, 3.8) is 0 Å². The molecule has 1 unspecified atom stereocenters. The van der Waals surface area contributed by atoms with E-state index in [1.165, 1.54) is 6.07 Å². The van der Waals surface area contributed by atoms with E-state index in [1.54, 1.807) is 48.5 Å². The van der Waals surface area contributed by atoms with Crippen LogP contribution in [0.5, 0.6) is 5.75 Å². The van der Waals surface area contributed by atoms with E-state index in [9.17, 15) is 9.90 Å². The number of hydrogen-bond donors (Lipinski definition) is 1. The Morgan fingerprint density at radius 1 is 1.10 bits per heavy atom. The minimum atomic E-state index is -2.65. The normalized spacial score (nSPS) is 17.3. The first-order chi connectivity index (χ1) is 15.2. The fraction of sp³-hybridized carbons (Fsp3) is 0.125. The number of benzene rings is 3. The Morgan fingerprint density at radius 3 is 2.79 bits per heavy atom. The van der Waals surface area contributed by atoms with E-state index in [2.05, 4.69) is 0 Å². The van der Waals surface area contributed by atoms with E-state index in [0.29, 0.717) is 38.4 Å². The number of pyridine rings is 1. The molecule has 4 aromatic rings. The molecule has 0 saturated heterocycles. The zero-order valence-electron chi connectivity index (χ0n) is 18.2. The van der Waals surface area contributed by atoms with Gasteiger partial charge in [0.1, 0.15) is 18.5 Å². The Balaban J connectivity index is 1.87. The number of aliphatic hydroxyl groups is 1. The SMILES string of the molecule is [2H]C([2H])([2H])n1c(=O)cc2c3cc(ccc31)C(O)c1ccc(Cl)c(c1)COc1cccc-2c1. The van der Waals surface area contributed by atoms with Gasteiger partial charge in [0.05, 0.1) is 5.52 Å². The molecule has 5 rings (SSSR count). The average Bonchev–Trinajstić information content (AvgIpc) is 2.76. The standard InChI is InChI=1S/C24H18ClNO3/c1-26-22-8-6-16-11-20(22)19(12-23(26)27)14-3-2-4-18(10-14)29-13-17-9-15(24(16)28)5-7-21(17)25/h2-12,24,28H,13H2,1H3/i1D3. The third kappa shape index (κ3) is 3.01. The maximum Gasteiger partial charge on any atom is 0.251 e. The van der Waals surface area contributed by atoms with Crippen molar-refractivity contribution in [2.75, 3.05) is 0 Å². The highest BCUT2D eigenvalue weighted by Gasteiger charge is 2.17. The Bertz CT molecular complexity index is 1430. The van der Waals surface area contributed by atoms with Gasteiger partial charge < -0.3 is 14.4 Å². The van der Waals surface area contributed by atoms with Gasteiger partial charge in [-0.15, -0.1) is 0 Å². The average molecular weight is 407 g/mol. The third-order valence-corrected chi connectivity index (χ3v) is 5.65. The molecule has 6 bridgehead atoms. The molecule has 0 saturated carbocycles. The van der Waals surface area contributed by atoms with Crippen molar-refractivity contribution in [1.82, 2.24) is 4.57 Å². The lowest BCUT2D eigenvalue weighted by Crippen LogP contribution is -2.16.